The van der Waals surface area contributed by atoms with Gasteiger partial charge in [0.05, 0.1) is 18.8 Å². The molecule has 0 spiro atoms. The molecule has 0 saturated carbocycles. The molecule has 0 aliphatic carbocycles. The van der Waals surface area contributed by atoms with E-state index in [1.165, 1.54) is 7.11 Å². The van der Waals surface area contributed by atoms with Crippen LogP contribution in [-0.4, -0.2) is 61.4 Å². The second-order valence-corrected chi connectivity index (χ2v) is 5.16. The van der Waals surface area contributed by atoms with Gasteiger partial charge in [-0.1, -0.05) is 30.3 Å². The Bertz CT molecular complexity index is 471. The second-order valence-electron chi connectivity index (χ2n) is 3.66. The van der Waals surface area contributed by atoms with Gasteiger partial charge in [0.25, 0.3) is 10.1 Å². The van der Waals surface area contributed by atoms with Gasteiger partial charge in [0, 0.05) is 0 Å². The van der Waals surface area contributed by atoms with E-state index in [0.717, 1.165) is 5.56 Å². The van der Waals surface area contributed by atoms with Gasteiger partial charge in [-0.3, -0.25) is 9.35 Å². The fourth-order valence-corrected chi connectivity index (χ4v) is 2.29. The molecule has 0 saturated heterocycles. The summed E-state index contributed by atoms with van der Waals surface area (Å²) >= 11 is 0. The van der Waals surface area contributed by atoms with Crippen LogP contribution in [0.1, 0.15) is 5.56 Å². The zero-order valence-electron chi connectivity index (χ0n) is 9.37. The molecule has 5 nitrogen and oxygen atoms in total. The zero-order valence-corrected chi connectivity index (χ0v) is 10.2. The predicted octanol–water partition coefficient (Wildman–Crippen LogP) is 0.258. The van der Waals surface area contributed by atoms with Crippen LogP contribution in [-0.2, 0) is 26.1 Å². The molecule has 7 heteroatoms. The van der Waals surface area contributed by atoms with Crippen molar-refractivity contribution in [3.8, 4) is 0 Å². The van der Waals surface area contributed by atoms with Crippen LogP contribution in [0.25, 0.3) is 0 Å². The van der Waals surface area contributed by atoms with Gasteiger partial charge < -0.3 is 4.74 Å². The molecule has 0 aliphatic heterocycles. The third-order valence-electron chi connectivity index (χ3n) is 2.27. The molecule has 0 amide bonds. The Morgan fingerprint density at radius 2 is 1.89 bits per heavy atom. The molecule has 1 rings (SSSR count). The number of ether oxygens (including phenoxy) is 1. The van der Waals surface area contributed by atoms with Crippen molar-refractivity contribution in [3.05, 3.63) is 35.9 Å². The number of esters is 1. The second kappa shape index (κ2) is 7.91. The van der Waals surface area contributed by atoms with E-state index in [4.69, 9.17) is 4.55 Å². The molecule has 1 unspecified atom stereocenters. The van der Waals surface area contributed by atoms with Crippen LogP contribution in [0.15, 0.2) is 30.3 Å². The summed E-state index contributed by atoms with van der Waals surface area (Å²) in [5.41, 5.74) is 0.812. The molecule has 0 bridgehead atoms. The van der Waals surface area contributed by atoms with Crippen LogP contribution in [0, 0.1) is 5.92 Å². The first kappa shape index (κ1) is 17.6. The van der Waals surface area contributed by atoms with Gasteiger partial charge in [0.1, 0.15) is 0 Å². The van der Waals surface area contributed by atoms with Crippen molar-refractivity contribution < 1.29 is 22.5 Å². The summed E-state index contributed by atoms with van der Waals surface area (Å²) in [4.78, 5) is 11.4. The average molecular weight is 282 g/mol. The van der Waals surface area contributed by atoms with Gasteiger partial charge in [-0.15, -0.1) is 0 Å². The summed E-state index contributed by atoms with van der Waals surface area (Å²) in [6.07, 6.45) is 0.216. The van der Waals surface area contributed by atoms with Crippen LogP contribution in [0.4, 0.5) is 0 Å². The Hall–Kier alpha value is -0.400. The summed E-state index contributed by atoms with van der Waals surface area (Å²) in [5, 5.41) is 0. The van der Waals surface area contributed by atoms with E-state index in [1.54, 1.807) is 24.3 Å². The number of hydrogen-bond donors (Lipinski definition) is 1. The minimum absolute atomic E-state index is 0. The third-order valence-corrected chi connectivity index (χ3v) is 3.09. The van der Waals surface area contributed by atoms with Crippen molar-refractivity contribution in [2.45, 2.75) is 6.42 Å². The molecular weight excluding hydrogens is 267 g/mol. The summed E-state index contributed by atoms with van der Waals surface area (Å²) in [5.74, 6) is -2.17. The maximum absolute atomic E-state index is 11.4. The van der Waals surface area contributed by atoms with E-state index >= 15 is 0 Å². The van der Waals surface area contributed by atoms with Crippen LogP contribution in [0.3, 0.4) is 0 Å². The summed E-state index contributed by atoms with van der Waals surface area (Å²) < 4.78 is 34.9. The van der Waals surface area contributed by atoms with Gasteiger partial charge >= 0.3 is 35.5 Å². The predicted molar refractivity (Wildman–Crippen MR) is 69.2 cm³/mol. The molecule has 1 aromatic rings. The molecular formula is C11H15NaO5S. The Labute approximate surface area is 129 Å². The first-order chi connectivity index (χ1) is 7.92. The van der Waals surface area contributed by atoms with E-state index in [0.29, 0.717) is 0 Å². The standard InChI is InChI=1S/C11H14O5S.Na.H/c1-16-11(12)10(8-17(13,14)15)7-9-5-3-2-4-6-9;;/h2-6,10H,7-8H2,1H3,(H,13,14,15);;. The third kappa shape index (κ3) is 6.51. The van der Waals surface area contributed by atoms with Crippen molar-refractivity contribution in [2.24, 2.45) is 5.92 Å². The zero-order chi connectivity index (χ0) is 12.9. The number of carbonyl (C=O) groups is 1. The van der Waals surface area contributed by atoms with Crippen molar-refractivity contribution >= 4 is 45.6 Å². The van der Waals surface area contributed by atoms with Gasteiger partial charge in [-0.25, -0.2) is 0 Å². The Balaban J connectivity index is 0.00000289. The van der Waals surface area contributed by atoms with Crippen molar-refractivity contribution in [1.29, 1.82) is 0 Å². The van der Waals surface area contributed by atoms with E-state index in [2.05, 4.69) is 4.74 Å². The normalized spacial score (nSPS) is 12.3. The van der Waals surface area contributed by atoms with E-state index in [1.807, 2.05) is 6.07 Å². The molecule has 18 heavy (non-hydrogen) atoms. The molecule has 0 fully saturated rings. The quantitative estimate of drug-likeness (QED) is 0.476. The molecule has 96 valence electrons. The van der Waals surface area contributed by atoms with E-state index < -0.39 is 27.8 Å². The number of hydrogen-bond acceptors (Lipinski definition) is 4. The van der Waals surface area contributed by atoms with Gasteiger partial charge in [0.15, 0.2) is 0 Å². The van der Waals surface area contributed by atoms with Gasteiger partial charge in [0.2, 0.25) is 0 Å². The SMILES string of the molecule is COC(=O)C(Cc1ccccc1)CS(=O)(=O)O.[NaH]. The number of benzene rings is 1. The Morgan fingerprint density at radius 3 is 2.33 bits per heavy atom. The summed E-state index contributed by atoms with van der Waals surface area (Å²) in [6, 6.07) is 8.95. The monoisotopic (exact) mass is 282 g/mol. The summed E-state index contributed by atoms with van der Waals surface area (Å²) in [6.45, 7) is 0. The topological polar surface area (TPSA) is 80.7 Å². The molecule has 1 atom stereocenters. The van der Waals surface area contributed by atoms with Crippen LogP contribution >= 0.6 is 0 Å². The van der Waals surface area contributed by atoms with E-state index in [-0.39, 0.29) is 36.0 Å². The van der Waals surface area contributed by atoms with E-state index in [9.17, 15) is 13.2 Å². The Kier molecular flexibility index (Phi) is 7.73. The summed E-state index contributed by atoms with van der Waals surface area (Å²) in [7, 11) is -3.01. The van der Waals surface area contributed by atoms with Crippen molar-refractivity contribution in [2.75, 3.05) is 12.9 Å². The first-order valence-electron chi connectivity index (χ1n) is 4.99. The van der Waals surface area contributed by atoms with Crippen LogP contribution < -0.4 is 0 Å². The molecule has 0 radical (unpaired) electrons. The number of rotatable bonds is 5. The number of carbonyl (C=O) groups excluding carboxylic acids is 1. The fourth-order valence-electron chi connectivity index (χ4n) is 1.53. The average Bonchev–Trinajstić information content (AvgIpc) is 2.27. The minimum atomic E-state index is -4.20. The van der Waals surface area contributed by atoms with Crippen LogP contribution in [0.5, 0.6) is 0 Å². The maximum atomic E-state index is 11.4. The van der Waals surface area contributed by atoms with Crippen molar-refractivity contribution in [3.63, 3.8) is 0 Å². The van der Waals surface area contributed by atoms with Crippen molar-refractivity contribution in [1.82, 2.24) is 0 Å². The van der Waals surface area contributed by atoms with Gasteiger partial charge in [-0.05, 0) is 12.0 Å². The molecule has 0 heterocycles. The van der Waals surface area contributed by atoms with Gasteiger partial charge in [-0.2, -0.15) is 8.42 Å². The molecule has 1 N–H and O–H groups in total. The Morgan fingerprint density at radius 1 is 1.33 bits per heavy atom. The molecule has 1 aromatic carbocycles. The molecule has 0 aromatic heterocycles. The first-order valence-corrected chi connectivity index (χ1v) is 6.60. The molecule has 0 aliphatic rings. The number of methoxy groups -OCH3 is 1. The fraction of sp³-hybridized carbons (Fsp3) is 0.364. The van der Waals surface area contributed by atoms with Crippen LogP contribution in [0.2, 0.25) is 0 Å².